The highest BCUT2D eigenvalue weighted by molar-refractivity contribution is 8.00. The van der Waals surface area contributed by atoms with E-state index in [2.05, 4.69) is 5.32 Å². The summed E-state index contributed by atoms with van der Waals surface area (Å²) in [4.78, 5) is 39.1. The first kappa shape index (κ1) is 24.8. The van der Waals surface area contributed by atoms with Crippen LogP contribution in [0.2, 0.25) is 5.02 Å². The number of amides is 2. The standard InChI is InChI=1S/C27H25ClN2O4S/c1-3-34-27(33)21-10-13-23(17(2)14-21)29-25(32)19-6-8-20(9-7-19)26-30(24(31)16-35-26)15-18-4-11-22(28)12-5-18/h4-14,26H,3,15-16H2,1-2H3,(H,29,32)/t26-/m0/s1. The van der Waals surface area contributed by atoms with Crippen LogP contribution >= 0.6 is 23.4 Å². The number of carbonyl (C=O) groups excluding carboxylic acids is 3. The summed E-state index contributed by atoms with van der Waals surface area (Å²) in [5.74, 6) is -0.144. The molecule has 0 unspecified atom stereocenters. The van der Waals surface area contributed by atoms with Gasteiger partial charge in [-0.2, -0.15) is 0 Å². The predicted molar refractivity (Wildman–Crippen MR) is 139 cm³/mol. The number of rotatable bonds is 7. The third-order valence-corrected chi connectivity index (χ3v) is 7.19. The van der Waals surface area contributed by atoms with E-state index in [0.29, 0.717) is 40.7 Å². The van der Waals surface area contributed by atoms with Crippen molar-refractivity contribution >= 4 is 46.8 Å². The predicted octanol–water partition coefficient (Wildman–Crippen LogP) is 5.85. The SMILES string of the molecule is CCOC(=O)c1ccc(NC(=O)c2ccc([C@@H]3SCC(=O)N3Cc3ccc(Cl)cc3)cc2)c(C)c1. The van der Waals surface area contributed by atoms with E-state index in [9.17, 15) is 14.4 Å². The zero-order valence-corrected chi connectivity index (χ0v) is 21.0. The van der Waals surface area contributed by atoms with Crippen LogP contribution in [0, 0.1) is 6.92 Å². The molecule has 4 rings (SSSR count). The van der Waals surface area contributed by atoms with E-state index in [1.807, 2.05) is 48.2 Å². The number of nitrogens with one attached hydrogen (secondary N) is 1. The maximum atomic E-state index is 12.8. The Bertz CT molecular complexity index is 1250. The molecule has 1 atom stereocenters. The average molecular weight is 509 g/mol. The molecule has 35 heavy (non-hydrogen) atoms. The first-order valence-corrected chi connectivity index (χ1v) is 12.6. The molecule has 2 amide bonds. The van der Waals surface area contributed by atoms with E-state index in [0.717, 1.165) is 16.7 Å². The van der Waals surface area contributed by atoms with E-state index in [1.165, 1.54) is 0 Å². The van der Waals surface area contributed by atoms with E-state index in [1.54, 1.807) is 49.0 Å². The number of hydrogen-bond acceptors (Lipinski definition) is 5. The second kappa shape index (κ2) is 11.0. The minimum absolute atomic E-state index is 0.0820. The molecule has 180 valence electrons. The maximum absolute atomic E-state index is 12.8. The third kappa shape index (κ3) is 5.86. The minimum atomic E-state index is -0.391. The summed E-state index contributed by atoms with van der Waals surface area (Å²) in [7, 11) is 0. The molecule has 0 spiro atoms. The Morgan fingerprint density at radius 1 is 1.06 bits per heavy atom. The number of esters is 1. The van der Waals surface area contributed by atoms with Crippen LogP contribution in [0.25, 0.3) is 0 Å². The largest absolute Gasteiger partial charge is 0.462 e. The van der Waals surface area contributed by atoms with Gasteiger partial charge in [0.1, 0.15) is 5.37 Å². The topological polar surface area (TPSA) is 75.7 Å². The Morgan fingerprint density at radius 2 is 1.74 bits per heavy atom. The summed E-state index contributed by atoms with van der Waals surface area (Å²) >= 11 is 7.55. The Hall–Kier alpha value is -3.29. The fourth-order valence-electron chi connectivity index (χ4n) is 3.83. The summed E-state index contributed by atoms with van der Waals surface area (Å²) in [6.45, 7) is 4.38. The van der Waals surface area contributed by atoms with Crippen LogP contribution in [-0.2, 0) is 16.1 Å². The Balaban J connectivity index is 1.44. The van der Waals surface area contributed by atoms with Gasteiger partial charge in [0.15, 0.2) is 0 Å². The maximum Gasteiger partial charge on any atom is 0.338 e. The van der Waals surface area contributed by atoms with Crippen molar-refractivity contribution in [2.24, 2.45) is 0 Å². The highest BCUT2D eigenvalue weighted by Crippen LogP contribution is 2.39. The fourth-order valence-corrected chi connectivity index (χ4v) is 5.14. The lowest BCUT2D eigenvalue weighted by atomic mass is 10.1. The van der Waals surface area contributed by atoms with Gasteiger partial charge in [-0.3, -0.25) is 9.59 Å². The Morgan fingerprint density at radius 3 is 2.40 bits per heavy atom. The van der Waals surface area contributed by atoms with Gasteiger partial charge in [0, 0.05) is 22.8 Å². The molecule has 1 saturated heterocycles. The first-order valence-electron chi connectivity index (χ1n) is 11.2. The second-order valence-corrected chi connectivity index (χ2v) is 9.64. The van der Waals surface area contributed by atoms with Gasteiger partial charge >= 0.3 is 5.97 Å². The fraction of sp³-hybridized carbons (Fsp3) is 0.222. The molecule has 1 aliphatic heterocycles. The van der Waals surface area contributed by atoms with Gasteiger partial charge < -0.3 is 15.0 Å². The Kier molecular flexibility index (Phi) is 7.78. The van der Waals surface area contributed by atoms with Crippen LogP contribution in [0.3, 0.4) is 0 Å². The van der Waals surface area contributed by atoms with Crippen LogP contribution in [0.15, 0.2) is 66.7 Å². The molecule has 1 fully saturated rings. The summed E-state index contributed by atoms with van der Waals surface area (Å²) < 4.78 is 5.02. The number of hydrogen-bond donors (Lipinski definition) is 1. The number of anilines is 1. The number of carbonyl (C=O) groups is 3. The van der Waals surface area contributed by atoms with Gasteiger partial charge in [0.2, 0.25) is 5.91 Å². The van der Waals surface area contributed by atoms with Crippen LogP contribution < -0.4 is 5.32 Å². The molecule has 0 aromatic heterocycles. The smallest absolute Gasteiger partial charge is 0.338 e. The molecule has 0 bridgehead atoms. The molecule has 0 radical (unpaired) electrons. The molecule has 1 heterocycles. The van der Waals surface area contributed by atoms with Crippen molar-refractivity contribution in [3.05, 3.63) is 99.6 Å². The van der Waals surface area contributed by atoms with E-state index in [-0.39, 0.29) is 17.2 Å². The molecule has 1 aliphatic rings. The summed E-state index contributed by atoms with van der Waals surface area (Å²) in [5.41, 5.74) is 4.30. The van der Waals surface area contributed by atoms with Gasteiger partial charge in [-0.25, -0.2) is 4.79 Å². The minimum Gasteiger partial charge on any atom is -0.462 e. The normalized spacial score (nSPS) is 15.2. The lowest BCUT2D eigenvalue weighted by molar-refractivity contribution is -0.128. The summed E-state index contributed by atoms with van der Waals surface area (Å²) in [6, 6.07) is 19.8. The van der Waals surface area contributed by atoms with E-state index >= 15 is 0 Å². The molecular formula is C27H25ClN2O4S. The number of thioether (sulfide) groups is 1. The highest BCUT2D eigenvalue weighted by atomic mass is 35.5. The van der Waals surface area contributed by atoms with Crippen molar-refractivity contribution in [2.75, 3.05) is 17.7 Å². The molecule has 0 aliphatic carbocycles. The summed E-state index contributed by atoms with van der Waals surface area (Å²) in [6.07, 6.45) is 0. The number of nitrogens with zero attached hydrogens (tertiary/aromatic N) is 1. The van der Waals surface area contributed by atoms with Crippen molar-refractivity contribution in [2.45, 2.75) is 25.8 Å². The molecule has 6 nitrogen and oxygen atoms in total. The quantitative estimate of drug-likeness (QED) is 0.405. The van der Waals surface area contributed by atoms with Gasteiger partial charge in [0.25, 0.3) is 5.91 Å². The zero-order valence-electron chi connectivity index (χ0n) is 19.4. The van der Waals surface area contributed by atoms with Crippen molar-refractivity contribution < 1.29 is 19.1 Å². The van der Waals surface area contributed by atoms with Crippen molar-refractivity contribution in [1.82, 2.24) is 4.90 Å². The van der Waals surface area contributed by atoms with Crippen LogP contribution in [0.4, 0.5) is 5.69 Å². The molecule has 1 N–H and O–H groups in total. The lowest BCUT2D eigenvalue weighted by Crippen LogP contribution is -2.27. The molecule has 3 aromatic rings. The number of ether oxygens (including phenoxy) is 1. The van der Waals surface area contributed by atoms with Crippen molar-refractivity contribution in [3.8, 4) is 0 Å². The van der Waals surface area contributed by atoms with Gasteiger partial charge in [-0.1, -0.05) is 35.9 Å². The molecule has 8 heteroatoms. The van der Waals surface area contributed by atoms with Crippen LogP contribution in [0.1, 0.15) is 49.7 Å². The number of aryl methyl sites for hydroxylation is 1. The second-order valence-electron chi connectivity index (χ2n) is 8.14. The third-order valence-electron chi connectivity index (χ3n) is 5.68. The monoisotopic (exact) mass is 508 g/mol. The molecular weight excluding hydrogens is 484 g/mol. The van der Waals surface area contributed by atoms with Crippen molar-refractivity contribution in [1.29, 1.82) is 0 Å². The Labute approximate surface area is 213 Å². The first-order chi connectivity index (χ1) is 16.9. The van der Waals surface area contributed by atoms with E-state index in [4.69, 9.17) is 16.3 Å². The number of benzene rings is 3. The lowest BCUT2D eigenvalue weighted by Gasteiger charge is -2.24. The van der Waals surface area contributed by atoms with E-state index < -0.39 is 5.97 Å². The van der Waals surface area contributed by atoms with Gasteiger partial charge in [-0.05, 0) is 73.0 Å². The highest BCUT2D eigenvalue weighted by Gasteiger charge is 2.32. The molecule has 3 aromatic carbocycles. The summed E-state index contributed by atoms with van der Waals surface area (Å²) in [5, 5.41) is 3.44. The van der Waals surface area contributed by atoms with Gasteiger partial charge in [0.05, 0.1) is 17.9 Å². The van der Waals surface area contributed by atoms with Crippen LogP contribution in [-0.4, -0.2) is 35.0 Å². The average Bonchev–Trinajstić information content (AvgIpc) is 3.21. The number of halogens is 1. The van der Waals surface area contributed by atoms with Gasteiger partial charge in [-0.15, -0.1) is 11.8 Å². The van der Waals surface area contributed by atoms with Crippen molar-refractivity contribution in [3.63, 3.8) is 0 Å². The zero-order chi connectivity index (χ0) is 24.9. The van der Waals surface area contributed by atoms with Crippen LogP contribution in [0.5, 0.6) is 0 Å². The molecule has 0 saturated carbocycles.